The van der Waals surface area contributed by atoms with Gasteiger partial charge < -0.3 is 19.7 Å². The fraction of sp³-hybridized carbons (Fsp3) is 0.500. The molecule has 6 nitrogen and oxygen atoms in total. The van der Waals surface area contributed by atoms with Crippen molar-refractivity contribution in [1.29, 1.82) is 0 Å². The van der Waals surface area contributed by atoms with E-state index < -0.39 is 11.7 Å². The molecule has 0 unspecified atom stereocenters. The van der Waals surface area contributed by atoms with Gasteiger partial charge in [0.15, 0.2) is 0 Å². The molecule has 120 valence electrons. The lowest BCUT2D eigenvalue weighted by Gasteiger charge is -2.23. The number of nitrogens with one attached hydrogen (secondary N) is 1. The van der Waals surface area contributed by atoms with Crippen molar-refractivity contribution in [1.82, 2.24) is 5.32 Å². The minimum atomic E-state index is -0.597. The van der Waals surface area contributed by atoms with E-state index in [9.17, 15) is 9.59 Å². The SMILES string of the molecule is CC(C)(C)OC(=O)NCC(=O)N1CCOCc2ccccc21. The predicted octanol–water partition coefficient (Wildman–Crippen LogP) is 2.07. The maximum Gasteiger partial charge on any atom is 0.408 e. The number of carbonyl (C=O) groups excluding carboxylic acids is 2. The summed E-state index contributed by atoms with van der Waals surface area (Å²) < 4.78 is 10.6. The first-order valence-corrected chi connectivity index (χ1v) is 7.30. The number of rotatable bonds is 2. The molecular weight excluding hydrogens is 284 g/mol. The first kappa shape index (κ1) is 16.3. The Hall–Kier alpha value is -2.08. The average molecular weight is 306 g/mol. The number of anilines is 1. The lowest BCUT2D eigenvalue weighted by atomic mass is 10.1. The summed E-state index contributed by atoms with van der Waals surface area (Å²) in [6.45, 7) is 6.63. The lowest BCUT2D eigenvalue weighted by molar-refractivity contribution is -0.118. The lowest BCUT2D eigenvalue weighted by Crippen LogP contribution is -2.43. The van der Waals surface area contributed by atoms with Gasteiger partial charge >= 0.3 is 6.09 Å². The summed E-state index contributed by atoms with van der Waals surface area (Å²) in [4.78, 5) is 25.7. The van der Waals surface area contributed by atoms with E-state index >= 15 is 0 Å². The van der Waals surface area contributed by atoms with Crippen LogP contribution in [-0.2, 0) is 20.9 Å². The Labute approximate surface area is 130 Å². The standard InChI is InChI=1S/C16H22N2O4/c1-16(2,3)22-15(20)17-10-14(19)18-8-9-21-11-12-6-4-5-7-13(12)18/h4-7H,8-11H2,1-3H3,(H,17,20). The van der Waals surface area contributed by atoms with Gasteiger partial charge in [-0.05, 0) is 26.8 Å². The minimum Gasteiger partial charge on any atom is -0.444 e. The van der Waals surface area contributed by atoms with E-state index in [2.05, 4.69) is 5.32 Å². The maximum absolute atomic E-state index is 12.4. The Morgan fingerprint density at radius 3 is 2.77 bits per heavy atom. The van der Waals surface area contributed by atoms with Crippen LogP contribution in [-0.4, -0.2) is 37.3 Å². The molecule has 2 amide bonds. The van der Waals surface area contributed by atoms with E-state index in [0.717, 1.165) is 11.3 Å². The fourth-order valence-corrected chi connectivity index (χ4v) is 2.17. The Kier molecular flexibility index (Phi) is 5.03. The Balaban J connectivity index is 1.99. The van der Waals surface area contributed by atoms with E-state index in [1.807, 2.05) is 24.3 Å². The second-order valence-electron chi connectivity index (χ2n) is 6.08. The smallest absolute Gasteiger partial charge is 0.408 e. The van der Waals surface area contributed by atoms with Crippen molar-refractivity contribution < 1.29 is 19.1 Å². The summed E-state index contributed by atoms with van der Waals surface area (Å²) in [7, 11) is 0. The zero-order valence-corrected chi connectivity index (χ0v) is 13.2. The third-order valence-corrected chi connectivity index (χ3v) is 3.08. The van der Waals surface area contributed by atoms with Gasteiger partial charge in [-0.1, -0.05) is 18.2 Å². The zero-order valence-electron chi connectivity index (χ0n) is 13.2. The van der Waals surface area contributed by atoms with E-state index in [0.29, 0.717) is 19.8 Å². The van der Waals surface area contributed by atoms with Crippen LogP contribution < -0.4 is 10.2 Å². The van der Waals surface area contributed by atoms with Gasteiger partial charge in [0.1, 0.15) is 12.1 Å². The number of nitrogens with zero attached hydrogens (tertiary/aromatic N) is 1. The van der Waals surface area contributed by atoms with Crippen LogP contribution >= 0.6 is 0 Å². The molecule has 1 heterocycles. The monoisotopic (exact) mass is 306 g/mol. The topological polar surface area (TPSA) is 67.9 Å². The van der Waals surface area contributed by atoms with Crippen LogP contribution in [0.2, 0.25) is 0 Å². The molecule has 0 bridgehead atoms. The van der Waals surface area contributed by atoms with Crippen molar-refractivity contribution in [3.8, 4) is 0 Å². The van der Waals surface area contributed by atoms with Gasteiger partial charge in [0.05, 0.1) is 13.2 Å². The number of ether oxygens (including phenoxy) is 2. The van der Waals surface area contributed by atoms with E-state index in [1.165, 1.54) is 0 Å². The zero-order chi connectivity index (χ0) is 16.2. The molecule has 0 spiro atoms. The summed E-state index contributed by atoms with van der Waals surface area (Å²) in [5.41, 5.74) is 1.21. The number of hydrogen-bond acceptors (Lipinski definition) is 4. The molecule has 1 aliphatic rings. The maximum atomic E-state index is 12.4. The number of hydrogen-bond donors (Lipinski definition) is 1. The summed E-state index contributed by atoms with van der Waals surface area (Å²) >= 11 is 0. The molecule has 0 atom stereocenters. The second-order valence-corrected chi connectivity index (χ2v) is 6.08. The molecule has 1 aliphatic heterocycles. The van der Waals surface area contributed by atoms with Gasteiger partial charge in [0.25, 0.3) is 0 Å². The van der Waals surface area contributed by atoms with Crippen molar-refractivity contribution in [3.05, 3.63) is 29.8 Å². The summed E-state index contributed by atoms with van der Waals surface area (Å²) in [5, 5.41) is 2.49. The first-order chi connectivity index (χ1) is 10.4. The van der Waals surface area contributed by atoms with Crippen molar-refractivity contribution in [2.24, 2.45) is 0 Å². The molecule has 1 aromatic carbocycles. The van der Waals surface area contributed by atoms with Crippen LogP contribution in [0.1, 0.15) is 26.3 Å². The molecule has 0 fully saturated rings. The van der Waals surface area contributed by atoms with Crippen LogP contribution in [0.3, 0.4) is 0 Å². The quantitative estimate of drug-likeness (QED) is 0.908. The Bertz CT molecular complexity index is 551. The van der Waals surface area contributed by atoms with Crippen LogP contribution in [0.25, 0.3) is 0 Å². The number of benzene rings is 1. The minimum absolute atomic E-state index is 0.108. The molecule has 0 radical (unpaired) electrons. The molecule has 6 heteroatoms. The van der Waals surface area contributed by atoms with Crippen molar-refractivity contribution >= 4 is 17.7 Å². The van der Waals surface area contributed by atoms with E-state index in [4.69, 9.17) is 9.47 Å². The van der Waals surface area contributed by atoms with Gasteiger partial charge in [0, 0.05) is 17.8 Å². The highest BCUT2D eigenvalue weighted by atomic mass is 16.6. The van der Waals surface area contributed by atoms with Crippen molar-refractivity contribution in [2.45, 2.75) is 33.0 Å². The molecule has 2 rings (SSSR count). The first-order valence-electron chi connectivity index (χ1n) is 7.30. The molecule has 0 aromatic heterocycles. The number of carbonyl (C=O) groups is 2. The molecular formula is C16H22N2O4. The molecule has 22 heavy (non-hydrogen) atoms. The molecule has 0 saturated carbocycles. The van der Waals surface area contributed by atoms with Crippen molar-refractivity contribution in [3.63, 3.8) is 0 Å². The van der Waals surface area contributed by atoms with Gasteiger partial charge in [0.2, 0.25) is 5.91 Å². The third-order valence-electron chi connectivity index (χ3n) is 3.08. The fourth-order valence-electron chi connectivity index (χ4n) is 2.17. The molecule has 1 N–H and O–H groups in total. The second kappa shape index (κ2) is 6.79. The third kappa shape index (κ3) is 4.46. The van der Waals surface area contributed by atoms with Crippen LogP contribution in [0.4, 0.5) is 10.5 Å². The predicted molar refractivity (Wildman–Crippen MR) is 82.7 cm³/mol. The van der Waals surface area contributed by atoms with Crippen LogP contribution in [0.15, 0.2) is 24.3 Å². The number of alkyl carbamates (subject to hydrolysis) is 1. The Morgan fingerprint density at radius 1 is 1.32 bits per heavy atom. The van der Waals surface area contributed by atoms with Crippen molar-refractivity contribution in [2.75, 3.05) is 24.6 Å². The van der Waals surface area contributed by atoms with Gasteiger partial charge in [-0.15, -0.1) is 0 Å². The number of fused-ring (bicyclic) bond motifs is 1. The highest BCUT2D eigenvalue weighted by Crippen LogP contribution is 2.23. The molecule has 1 aromatic rings. The molecule has 0 aliphatic carbocycles. The summed E-state index contributed by atoms with van der Waals surface area (Å²) in [6.07, 6.45) is -0.597. The summed E-state index contributed by atoms with van der Waals surface area (Å²) in [6, 6.07) is 7.61. The number of amides is 2. The summed E-state index contributed by atoms with van der Waals surface area (Å²) in [5.74, 6) is -0.191. The largest absolute Gasteiger partial charge is 0.444 e. The van der Waals surface area contributed by atoms with E-state index in [1.54, 1.807) is 25.7 Å². The van der Waals surface area contributed by atoms with Gasteiger partial charge in [-0.25, -0.2) is 4.79 Å². The highest BCUT2D eigenvalue weighted by molar-refractivity contribution is 5.96. The molecule has 0 saturated heterocycles. The average Bonchev–Trinajstić information content (AvgIpc) is 2.65. The normalized spacial score (nSPS) is 14.8. The Morgan fingerprint density at radius 2 is 2.05 bits per heavy atom. The van der Waals surface area contributed by atoms with Crippen LogP contribution in [0, 0.1) is 0 Å². The van der Waals surface area contributed by atoms with Gasteiger partial charge in [-0.2, -0.15) is 0 Å². The van der Waals surface area contributed by atoms with Gasteiger partial charge in [-0.3, -0.25) is 4.79 Å². The highest BCUT2D eigenvalue weighted by Gasteiger charge is 2.22. The number of para-hydroxylation sites is 1. The van der Waals surface area contributed by atoms with Crippen LogP contribution in [0.5, 0.6) is 0 Å². The van der Waals surface area contributed by atoms with E-state index in [-0.39, 0.29) is 12.5 Å².